The molecule has 10 heteroatoms. The van der Waals surface area contributed by atoms with Crippen molar-refractivity contribution in [3.05, 3.63) is 59.7 Å². The lowest BCUT2D eigenvalue weighted by Gasteiger charge is -2.09. The predicted molar refractivity (Wildman–Crippen MR) is 200 cm³/mol. The number of hydrogen-bond acceptors (Lipinski definition) is 6. The molecule has 0 bridgehead atoms. The molecule has 2 rings (SSSR count). The van der Waals surface area contributed by atoms with Gasteiger partial charge in [-0.1, -0.05) is 74.9 Å². The molecule has 2 aromatic carbocycles. The Morgan fingerprint density at radius 1 is 0.386 bits per heavy atom. The quantitative estimate of drug-likeness (QED) is 0.0707. The Kier molecular flexibility index (Phi) is 37.6. The highest BCUT2D eigenvalue weighted by molar-refractivity contribution is 5.86. The fraction of sp³-hybridized carbons (Fsp3) is 0.647. The number of benzene rings is 2. The van der Waals surface area contributed by atoms with Crippen LogP contribution in [-0.4, -0.2) is 53.5 Å². The first-order valence-electron chi connectivity index (χ1n) is 15.9. The van der Waals surface area contributed by atoms with Crippen LogP contribution in [0, 0.1) is 0 Å². The van der Waals surface area contributed by atoms with Crippen molar-refractivity contribution in [2.75, 3.05) is 53.5 Å². The topological polar surface area (TPSA) is 66.6 Å². The lowest BCUT2D eigenvalue weighted by atomic mass is 10.1. The van der Waals surface area contributed by atoms with Crippen LogP contribution in [0.4, 0.5) is 0 Å². The Hall–Kier alpha value is -0.960. The number of methoxy groups -OCH3 is 2. The molecule has 4 N–H and O–H groups in total. The van der Waals surface area contributed by atoms with Crippen LogP contribution in [0.1, 0.15) is 88.2 Å². The number of halogens is 4. The molecule has 258 valence electrons. The second kappa shape index (κ2) is 34.9. The van der Waals surface area contributed by atoms with Gasteiger partial charge in [-0.05, 0) is 89.9 Å². The molecule has 0 fully saturated rings. The van der Waals surface area contributed by atoms with Crippen molar-refractivity contribution in [2.45, 2.75) is 90.1 Å². The van der Waals surface area contributed by atoms with Gasteiger partial charge >= 0.3 is 0 Å². The molecule has 44 heavy (non-hydrogen) atoms. The maximum Gasteiger partial charge on any atom is 0.123 e. The monoisotopic (exact) mass is 698 g/mol. The van der Waals surface area contributed by atoms with E-state index in [1.54, 1.807) is 14.2 Å². The Bertz CT molecular complexity index is 798. The van der Waals surface area contributed by atoms with E-state index < -0.39 is 0 Å². The van der Waals surface area contributed by atoms with Gasteiger partial charge in [0.05, 0.1) is 14.2 Å². The van der Waals surface area contributed by atoms with Crippen molar-refractivity contribution in [3.63, 3.8) is 0 Å². The van der Waals surface area contributed by atoms with Crippen molar-refractivity contribution in [1.82, 2.24) is 21.3 Å². The van der Waals surface area contributed by atoms with Crippen molar-refractivity contribution in [1.29, 1.82) is 0 Å². The van der Waals surface area contributed by atoms with Crippen molar-refractivity contribution >= 4 is 49.6 Å². The minimum absolute atomic E-state index is 0. The van der Waals surface area contributed by atoms with Gasteiger partial charge < -0.3 is 30.7 Å². The first-order valence-corrected chi connectivity index (χ1v) is 15.9. The highest BCUT2D eigenvalue weighted by atomic mass is 35.5. The molecule has 2 aromatic rings. The Morgan fingerprint density at radius 3 is 0.955 bits per heavy atom. The fourth-order valence-electron chi connectivity index (χ4n) is 4.95. The molecular weight excluding hydrogens is 638 g/mol. The van der Waals surface area contributed by atoms with E-state index in [2.05, 4.69) is 45.5 Å². The van der Waals surface area contributed by atoms with Crippen LogP contribution in [0.3, 0.4) is 0 Å². The van der Waals surface area contributed by atoms with E-state index >= 15 is 0 Å². The van der Waals surface area contributed by atoms with Crippen LogP contribution < -0.4 is 30.7 Å². The zero-order chi connectivity index (χ0) is 28.4. The summed E-state index contributed by atoms with van der Waals surface area (Å²) in [5.41, 5.74) is 2.47. The van der Waals surface area contributed by atoms with Gasteiger partial charge in [-0.3, -0.25) is 0 Å². The minimum atomic E-state index is 0. The first kappa shape index (κ1) is 47.4. The summed E-state index contributed by atoms with van der Waals surface area (Å²) >= 11 is 0. The van der Waals surface area contributed by atoms with Crippen LogP contribution >= 0.6 is 49.6 Å². The van der Waals surface area contributed by atoms with E-state index in [9.17, 15) is 0 Å². The molecule has 0 atom stereocenters. The van der Waals surface area contributed by atoms with E-state index in [1.807, 2.05) is 24.3 Å². The number of rotatable bonds is 27. The highest BCUT2D eigenvalue weighted by Crippen LogP contribution is 2.17. The first-order chi connectivity index (χ1) is 19.8. The number of ether oxygens (including phenoxy) is 2. The van der Waals surface area contributed by atoms with Crippen LogP contribution in [0.15, 0.2) is 48.5 Å². The molecule has 0 aromatic heterocycles. The smallest absolute Gasteiger partial charge is 0.123 e. The third-order valence-electron chi connectivity index (χ3n) is 7.39. The summed E-state index contributed by atoms with van der Waals surface area (Å²) < 4.78 is 10.8. The molecule has 0 aliphatic rings. The van der Waals surface area contributed by atoms with Gasteiger partial charge in [0.2, 0.25) is 0 Å². The molecule has 0 spiro atoms. The third-order valence-corrected chi connectivity index (χ3v) is 7.39. The Balaban J connectivity index is -0.00000420. The van der Waals surface area contributed by atoms with Crippen LogP contribution in [-0.2, 0) is 13.1 Å². The molecule has 0 amide bonds. The normalized spacial score (nSPS) is 10.1. The van der Waals surface area contributed by atoms with Crippen LogP contribution in [0.2, 0.25) is 0 Å². The summed E-state index contributed by atoms with van der Waals surface area (Å²) in [6.07, 6.45) is 15.6. The van der Waals surface area contributed by atoms with Gasteiger partial charge in [-0.2, -0.15) is 0 Å². The molecule has 0 unspecified atom stereocenters. The number of nitrogens with one attached hydrogen (secondary N) is 4. The minimum Gasteiger partial charge on any atom is -0.496 e. The maximum absolute atomic E-state index is 5.41. The number of hydrogen-bond donors (Lipinski definition) is 4. The van der Waals surface area contributed by atoms with Crippen LogP contribution in [0.25, 0.3) is 0 Å². The Morgan fingerprint density at radius 2 is 0.659 bits per heavy atom. The zero-order valence-corrected chi connectivity index (χ0v) is 30.5. The van der Waals surface area contributed by atoms with E-state index in [-0.39, 0.29) is 49.6 Å². The lowest BCUT2D eigenvalue weighted by molar-refractivity contribution is 0.407. The average molecular weight is 701 g/mol. The summed E-state index contributed by atoms with van der Waals surface area (Å²) in [5, 5.41) is 14.3. The summed E-state index contributed by atoms with van der Waals surface area (Å²) in [4.78, 5) is 0. The van der Waals surface area contributed by atoms with E-state index in [1.165, 1.54) is 101 Å². The third kappa shape index (κ3) is 24.3. The predicted octanol–water partition coefficient (Wildman–Crippen LogP) is 8.13. The molecule has 0 radical (unpaired) electrons. The van der Waals surface area contributed by atoms with Gasteiger partial charge in [0.25, 0.3) is 0 Å². The van der Waals surface area contributed by atoms with E-state index in [4.69, 9.17) is 9.47 Å². The Labute approximate surface area is 294 Å². The second-order valence-corrected chi connectivity index (χ2v) is 10.7. The standard InChI is InChI=1S/C34H58N4O2.4ClH/c1-39-33-21-11-9-19-31(33)29-37-27-17-7-5-15-25-35-23-13-3-4-14-24-36-26-16-6-8-18-28-38-30-32-20-10-12-22-34(32)40-2;;;;/h9-12,19-22,35-38H,3-8,13-18,23-30H2,1-2H3;4*1H. The fourth-order valence-corrected chi connectivity index (χ4v) is 4.95. The van der Waals surface area contributed by atoms with E-state index in [0.717, 1.165) is 50.8 Å². The molecule has 6 nitrogen and oxygen atoms in total. The highest BCUT2D eigenvalue weighted by Gasteiger charge is 2.01. The summed E-state index contributed by atoms with van der Waals surface area (Å²) in [6.45, 7) is 8.57. The maximum atomic E-state index is 5.41. The second-order valence-electron chi connectivity index (χ2n) is 10.7. The van der Waals surface area contributed by atoms with Gasteiger partial charge in [-0.25, -0.2) is 0 Å². The van der Waals surface area contributed by atoms with Gasteiger partial charge in [0.15, 0.2) is 0 Å². The number of unbranched alkanes of at least 4 members (excludes halogenated alkanes) is 9. The molecule has 0 saturated heterocycles. The average Bonchev–Trinajstić information content (AvgIpc) is 2.99. The van der Waals surface area contributed by atoms with Gasteiger partial charge in [0, 0.05) is 24.2 Å². The largest absolute Gasteiger partial charge is 0.496 e. The molecule has 0 heterocycles. The summed E-state index contributed by atoms with van der Waals surface area (Å²) in [6, 6.07) is 16.5. The van der Waals surface area contributed by atoms with E-state index in [0.29, 0.717) is 0 Å². The van der Waals surface area contributed by atoms with Gasteiger partial charge in [-0.15, -0.1) is 49.6 Å². The lowest BCUT2D eigenvalue weighted by Crippen LogP contribution is -2.18. The molecular formula is C34H62Cl4N4O2. The van der Waals surface area contributed by atoms with Crippen molar-refractivity contribution < 1.29 is 9.47 Å². The number of para-hydroxylation sites is 2. The van der Waals surface area contributed by atoms with Crippen molar-refractivity contribution in [3.8, 4) is 11.5 Å². The van der Waals surface area contributed by atoms with Gasteiger partial charge in [0.1, 0.15) is 11.5 Å². The summed E-state index contributed by atoms with van der Waals surface area (Å²) in [5.74, 6) is 1.95. The molecule has 0 aliphatic carbocycles. The molecule has 0 saturated carbocycles. The SMILES string of the molecule is COc1ccccc1CNCCCCCCNCCCCCCNCCCCCCNCc1ccccc1OC.Cl.Cl.Cl.Cl. The zero-order valence-electron chi connectivity index (χ0n) is 27.2. The van der Waals surface area contributed by atoms with Crippen molar-refractivity contribution in [2.24, 2.45) is 0 Å². The summed E-state index contributed by atoms with van der Waals surface area (Å²) in [7, 11) is 3.48. The molecule has 0 aliphatic heterocycles. The van der Waals surface area contributed by atoms with Crippen LogP contribution in [0.5, 0.6) is 11.5 Å².